The van der Waals surface area contributed by atoms with Crippen molar-refractivity contribution >= 4 is 11.3 Å². The first-order valence-corrected chi connectivity index (χ1v) is 5.93. The monoisotopic (exact) mass is 237 g/mol. The van der Waals surface area contributed by atoms with Crippen LogP contribution in [0.3, 0.4) is 0 Å². The SMILES string of the molecule is COc1csc(C(N)Cc2ccn(C)n2)c1. The number of nitrogens with two attached hydrogens (primary N) is 1. The minimum atomic E-state index is -0.0104. The number of nitrogens with zero attached hydrogens (tertiary/aromatic N) is 2. The molecule has 0 radical (unpaired) electrons. The van der Waals surface area contributed by atoms with Crippen LogP contribution in [0.2, 0.25) is 0 Å². The molecular formula is C11H15N3OS. The highest BCUT2D eigenvalue weighted by atomic mass is 32.1. The number of ether oxygens (including phenoxy) is 1. The highest BCUT2D eigenvalue weighted by Crippen LogP contribution is 2.27. The predicted octanol–water partition coefficient (Wildman–Crippen LogP) is 1.73. The fourth-order valence-corrected chi connectivity index (χ4v) is 2.39. The van der Waals surface area contributed by atoms with Crippen LogP contribution in [0, 0.1) is 0 Å². The molecule has 2 rings (SSSR count). The summed E-state index contributed by atoms with van der Waals surface area (Å²) in [6.45, 7) is 0. The van der Waals surface area contributed by atoms with Gasteiger partial charge < -0.3 is 10.5 Å². The molecule has 0 saturated heterocycles. The van der Waals surface area contributed by atoms with E-state index in [2.05, 4.69) is 5.10 Å². The predicted molar refractivity (Wildman–Crippen MR) is 64.7 cm³/mol. The average Bonchev–Trinajstić information content (AvgIpc) is 2.87. The van der Waals surface area contributed by atoms with Gasteiger partial charge in [-0.3, -0.25) is 4.68 Å². The second-order valence-electron chi connectivity index (χ2n) is 3.68. The van der Waals surface area contributed by atoms with Gasteiger partial charge in [-0.15, -0.1) is 11.3 Å². The Morgan fingerprint density at radius 2 is 2.44 bits per heavy atom. The molecule has 2 aromatic rings. The molecule has 0 aliphatic heterocycles. The summed E-state index contributed by atoms with van der Waals surface area (Å²) < 4.78 is 6.92. The van der Waals surface area contributed by atoms with Gasteiger partial charge >= 0.3 is 0 Å². The number of aromatic nitrogens is 2. The van der Waals surface area contributed by atoms with Gasteiger partial charge in [-0.2, -0.15) is 5.10 Å². The Labute approximate surface area is 98.6 Å². The molecule has 0 aromatic carbocycles. The van der Waals surface area contributed by atoms with Crippen molar-refractivity contribution in [3.63, 3.8) is 0 Å². The van der Waals surface area contributed by atoms with E-state index in [4.69, 9.17) is 10.5 Å². The Morgan fingerprint density at radius 1 is 1.62 bits per heavy atom. The summed E-state index contributed by atoms with van der Waals surface area (Å²) in [6, 6.07) is 3.96. The molecule has 86 valence electrons. The van der Waals surface area contributed by atoms with E-state index in [1.165, 1.54) is 0 Å². The van der Waals surface area contributed by atoms with E-state index >= 15 is 0 Å². The van der Waals surface area contributed by atoms with Gasteiger partial charge in [0.1, 0.15) is 5.75 Å². The summed E-state index contributed by atoms with van der Waals surface area (Å²) in [5.74, 6) is 0.872. The lowest BCUT2D eigenvalue weighted by Gasteiger charge is -2.06. The highest BCUT2D eigenvalue weighted by molar-refractivity contribution is 7.10. The molecule has 1 unspecified atom stereocenters. The first-order valence-electron chi connectivity index (χ1n) is 5.05. The molecule has 5 heteroatoms. The number of thiophene rings is 1. The third kappa shape index (κ3) is 2.43. The third-order valence-electron chi connectivity index (χ3n) is 2.39. The minimum Gasteiger partial charge on any atom is -0.496 e. The molecule has 16 heavy (non-hydrogen) atoms. The fraction of sp³-hybridized carbons (Fsp3) is 0.364. The normalized spacial score (nSPS) is 12.7. The molecule has 0 fully saturated rings. The van der Waals surface area contributed by atoms with Gasteiger partial charge in [0.15, 0.2) is 0 Å². The molecule has 0 aliphatic carbocycles. The first kappa shape index (κ1) is 11.2. The summed E-state index contributed by atoms with van der Waals surface area (Å²) in [5.41, 5.74) is 7.13. The summed E-state index contributed by atoms with van der Waals surface area (Å²) in [5, 5.41) is 6.28. The van der Waals surface area contributed by atoms with E-state index in [-0.39, 0.29) is 6.04 Å². The Kier molecular flexibility index (Phi) is 3.26. The molecule has 0 bridgehead atoms. The quantitative estimate of drug-likeness (QED) is 0.881. The second kappa shape index (κ2) is 4.67. The molecule has 2 N–H and O–H groups in total. The maximum atomic E-state index is 6.11. The van der Waals surface area contributed by atoms with E-state index in [1.54, 1.807) is 23.1 Å². The van der Waals surface area contributed by atoms with E-state index in [0.29, 0.717) is 0 Å². The van der Waals surface area contributed by atoms with E-state index < -0.39 is 0 Å². The molecule has 2 aromatic heterocycles. The lowest BCUT2D eigenvalue weighted by atomic mass is 10.1. The van der Waals surface area contributed by atoms with Crippen molar-refractivity contribution < 1.29 is 4.74 Å². The topological polar surface area (TPSA) is 53.1 Å². The van der Waals surface area contributed by atoms with Crippen molar-refractivity contribution in [1.82, 2.24) is 9.78 Å². The van der Waals surface area contributed by atoms with Gasteiger partial charge in [0.2, 0.25) is 0 Å². The van der Waals surface area contributed by atoms with Gasteiger partial charge in [0.05, 0.1) is 12.8 Å². The van der Waals surface area contributed by atoms with E-state index in [9.17, 15) is 0 Å². The maximum Gasteiger partial charge on any atom is 0.129 e. The Hall–Kier alpha value is -1.33. The number of aryl methyl sites for hydroxylation is 1. The van der Waals surface area contributed by atoms with Crippen LogP contribution < -0.4 is 10.5 Å². The van der Waals surface area contributed by atoms with Crippen LogP contribution in [0.1, 0.15) is 16.6 Å². The van der Waals surface area contributed by atoms with Crippen molar-refractivity contribution in [2.24, 2.45) is 12.8 Å². The van der Waals surface area contributed by atoms with Crippen molar-refractivity contribution in [3.8, 4) is 5.75 Å². The Balaban J connectivity index is 2.05. The van der Waals surface area contributed by atoms with Crippen molar-refractivity contribution in [1.29, 1.82) is 0 Å². The number of hydrogen-bond acceptors (Lipinski definition) is 4. The zero-order chi connectivity index (χ0) is 11.5. The van der Waals surface area contributed by atoms with E-state index in [0.717, 1.165) is 22.7 Å². The number of methoxy groups -OCH3 is 1. The summed E-state index contributed by atoms with van der Waals surface area (Å²) in [6.07, 6.45) is 2.68. The van der Waals surface area contributed by atoms with Crippen LogP contribution in [0.15, 0.2) is 23.7 Å². The van der Waals surface area contributed by atoms with Gasteiger partial charge in [-0.25, -0.2) is 0 Å². The smallest absolute Gasteiger partial charge is 0.129 e. The highest BCUT2D eigenvalue weighted by Gasteiger charge is 2.11. The fourth-order valence-electron chi connectivity index (χ4n) is 1.53. The Bertz CT molecular complexity index is 463. The first-order chi connectivity index (χ1) is 7.69. The van der Waals surface area contributed by atoms with Crippen LogP contribution in [0.25, 0.3) is 0 Å². The van der Waals surface area contributed by atoms with Crippen molar-refractivity contribution in [2.75, 3.05) is 7.11 Å². The molecule has 4 nitrogen and oxygen atoms in total. The largest absolute Gasteiger partial charge is 0.496 e. The van der Waals surface area contributed by atoms with Gasteiger partial charge in [0.25, 0.3) is 0 Å². The third-order valence-corrected chi connectivity index (χ3v) is 3.44. The second-order valence-corrected chi connectivity index (χ2v) is 4.62. The van der Waals surface area contributed by atoms with Crippen molar-refractivity contribution in [2.45, 2.75) is 12.5 Å². The van der Waals surface area contributed by atoms with Crippen LogP contribution in [-0.4, -0.2) is 16.9 Å². The lowest BCUT2D eigenvalue weighted by Crippen LogP contribution is -2.12. The maximum absolute atomic E-state index is 6.11. The number of hydrogen-bond donors (Lipinski definition) is 1. The molecule has 0 amide bonds. The van der Waals surface area contributed by atoms with Gasteiger partial charge in [-0.05, 0) is 12.1 Å². The zero-order valence-electron chi connectivity index (χ0n) is 9.38. The molecular weight excluding hydrogens is 222 g/mol. The molecule has 0 aliphatic rings. The Morgan fingerprint density at radius 3 is 3.00 bits per heavy atom. The van der Waals surface area contributed by atoms with Crippen LogP contribution >= 0.6 is 11.3 Å². The molecule has 1 atom stereocenters. The zero-order valence-corrected chi connectivity index (χ0v) is 10.2. The minimum absolute atomic E-state index is 0.0104. The summed E-state index contributed by atoms with van der Waals surface area (Å²) >= 11 is 1.62. The molecule has 0 saturated carbocycles. The summed E-state index contributed by atoms with van der Waals surface area (Å²) in [4.78, 5) is 1.13. The van der Waals surface area contributed by atoms with Gasteiger partial charge in [0, 0.05) is 36.0 Å². The van der Waals surface area contributed by atoms with Crippen LogP contribution in [-0.2, 0) is 13.5 Å². The molecule has 2 heterocycles. The standard InChI is InChI=1S/C11H15N3OS/c1-14-4-3-8(13-14)5-10(12)11-6-9(15-2)7-16-11/h3-4,6-7,10H,5,12H2,1-2H3. The summed E-state index contributed by atoms with van der Waals surface area (Å²) in [7, 11) is 3.57. The van der Waals surface area contributed by atoms with E-state index in [1.807, 2.05) is 30.8 Å². The number of rotatable bonds is 4. The molecule has 0 spiro atoms. The average molecular weight is 237 g/mol. The van der Waals surface area contributed by atoms with Gasteiger partial charge in [-0.1, -0.05) is 0 Å². The van der Waals surface area contributed by atoms with Crippen LogP contribution in [0.4, 0.5) is 0 Å². The van der Waals surface area contributed by atoms with Crippen LogP contribution in [0.5, 0.6) is 5.75 Å². The van der Waals surface area contributed by atoms with Crippen molar-refractivity contribution in [3.05, 3.63) is 34.3 Å². The lowest BCUT2D eigenvalue weighted by molar-refractivity contribution is 0.416.